The molecule has 0 amide bonds. The van der Waals surface area contributed by atoms with Crippen molar-refractivity contribution in [2.45, 2.75) is 25.4 Å². The molecule has 2 aliphatic carbocycles. The predicted molar refractivity (Wildman–Crippen MR) is 86.8 cm³/mol. The Morgan fingerprint density at radius 3 is 2.41 bits per heavy atom. The predicted octanol–water partition coefficient (Wildman–Crippen LogP) is 4.14. The minimum absolute atomic E-state index is 0.0218. The second-order valence-corrected chi connectivity index (χ2v) is 6.83. The van der Waals surface area contributed by atoms with Crippen LogP contribution in [0.25, 0.3) is 5.69 Å². The summed E-state index contributed by atoms with van der Waals surface area (Å²) < 4.78 is 54.5. The lowest BCUT2D eigenvalue weighted by Crippen LogP contribution is -2.18. The number of alkyl halides is 3. The molecule has 0 aliphatic heterocycles. The highest BCUT2D eigenvalue weighted by molar-refractivity contribution is 6.12. The lowest BCUT2D eigenvalue weighted by molar-refractivity contribution is -0.143. The van der Waals surface area contributed by atoms with Crippen LogP contribution >= 0.6 is 0 Å². The maximum atomic E-state index is 13.6. The van der Waals surface area contributed by atoms with E-state index < -0.39 is 29.0 Å². The molecule has 4 nitrogen and oxygen atoms in total. The highest BCUT2D eigenvalue weighted by Crippen LogP contribution is 2.45. The summed E-state index contributed by atoms with van der Waals surface area (Å²) in [7, 11) is 0. The quantitative estimate of drug-likeness (QED) is 0.458. The number of rotatable bonds is 3. The summed E-state index contributed by atoms with van der Waals surface area (Å²) in [5.41, 5.74) is -1.58. The van der Waals surface area contributed by atoms with Crippen LogP contribution in [0.1, 0.15) is 35.3 Å². The van der Waals surface area contributed by atoms with Gasteiger partial charge in [-0.2, -0.15) is 18.3 Å². The average molecular weight is 378 g/mol. The fraction of sp³-hybridized carbons (Fsp3) is 0.316. The first-order chi connectivity index (χ1) is 12.8. The molecule has 4 rings (SSSR count). The van der Waals surface area contributed by atoms with Crippen molar-refractivity contribution in [1.82, 2.24) is 9.78 Å². The van der Waals surface area contributed by atoms with Crippen molar-refractivity contribution in [3.05, 3.63) is 59.2 Å². The molecule has 2 bridgehead atoms. The number of fused-ring (bicyclic) bond motifs is 2. The van der Waals surface area contributed by atoms with Crippen LogP contribution in [0.4, 0.5) is 17.6 Å². The van der Waals surface area contributed by atoms with Crippen molar-refractivity contribution in [2.24, 2.45) is 11.8 Å². The van der Waals surface area contributed by atoms with E-state index in [-0.39, 0.29) is 23.3 Å². The molecule has 0 radical (unpaired) electrons. The van der Waals surface area contributed by atoms with Crippen molar-refractivity contribution in [3.8, 4) is 5.69 Å². The average Bonchev–Trinajstić information content (AvgIpc) is 3.31. The molecule has 1 aromatic heterocycles. The normalized spacial score (nSPS) is 23.4. The van der Waals surface area contributed by atoms with Gasteiger partial charge in [0.25, 0.3) is 0 Å². The number of aromatic nitrogens is 2. The third-order valence-corrected chi connectivity index (χ3v) is 5.19. The van der Waals surface area contributed by atoms with Crippen LogP contribution in [0.15, 0.2) is 42.1 Å². The number of benzene rings is 1. The summed E-state index contributed by atoms with van der Waals surface area (Å²) in [4.78, 5) is 24.7. The molecule has 1 heterocycles. The molecular weight excluding hydrogens is 364 g/mol. The number of hydrogen-bond acceptors (Lipinski definition) is 3. The Hall–Kier alpha value is -2.77. The summed E-state index contributed by atoms with van der Waals surface area (Å²) in [6, 6.07) is 4.30. The molecule has 2 aliphatic rings. The van der Waals surface area contributed by atoms with E-state index in [0.717, 1.165) is 49.4 Å². The van der Waals surface area contributed by atoms with E-state index in [0.29, 0.717) is 16.7 Å². The van der Waals surface area contributed by atoms with Gasteiger partial charge in [0.15, 0.2) is 17.3 Å². The lowest BCUT2D eigenvalue weighted by Gasteiger charge is -2.13. The van der Waals surface area contributed by atoms with Gasteiger partial charge in [-0.3, -0.25) is 9.59 Å². The Morgan fingerprint density at radius 1 is 1.15 bits per heavy atom. The molecule has 2 atom stereocenters. The zero-order chi connectivity index (χ0) is 19.3. The zero-order valence-corrected chi connectivity index (χ0v) is 14.0. The maximum absolute atomic E-state index is 13.6. The van der Waals surface area contributed by atoms with Crippen molar-refractivity contribution in [1.29, 1.82) is 0 Å². The Kier molecular flexibility index (Phi) is 4.01. The van der Waals surface area contributed by atoms with Crippen LogP contribution < -0.4 is 0 Å². The van der Waals surface area contributed by atoms with Gasteiger partial charge >= 0.3 is 6.18 Å². The molecular formula is C19H14F4N2O2. The standard InChI is InChI=1S/C19H14F4N2O2/c20-12-3-5-13(6-4-12)25-18(19(21,22)23)15(9-24-25)16(26)8-14-10-1-2-11(7-10)17(14)27/h3-6,8-11H,1-2,7H2/t10-,11+/m1/s1. The molecule has 1 aromatic carbocycles. The highest BCUT2D eigenvalue weighted by atomic mass is 19.4. The smallest absolute Gasteiger partial charge is 0.294 e. The molecule has 8 heteroatoms. The van der Waals surface area contributed by atoms with Gasteiger partial charge < -0.3 is 0 Å². The van der Waals surface area contributed by atoms with Gasteiger partial charge in [0.2, 0.25) is 0 Å². The maximum Gasteiger partial charge on any atom is 0.434 e. The van der Waals surface area contributed by atoms with E-state index in [9.17, 15) is 27.2 Å². The summed E-state index contributed by atoms with van der Waals surface area (Å²) in [5, 5.41) is 3.68. The first kappa shape index (κ1) is 17.6. The van der Waals surface area contributed by atoms with Gasteiger partial charge in [-0.25, -0.2) is 9.07 Å². The van der Waals surface area contributed by atoms with Gasteiger partial charge in [-0.1, -0.05) is 0 Å². The topological polar surface area (TPSA) is 52.0 Å². The van der Waals surface area contributed by atoms with E-state index in [1.165, 1.54) is 0 Å². The second kappa shape index (κ2) is 6.14. The highest BCUT2D eigenvalue weighted by Gasteiger charge is 2.44. The second-order valence-electron chi connectivity index (χ2n) is 6.83. The molecule has 0 unspecified atom stereocenters. The molecule has 2 saturated carbocycles. The minimum atomic E-state index is -4.85. The van der Waals surface area contributed by atoms with E-state index in [1.807, 2.05) is 0 Å². The van der Waals surface area contributed by atoms with Crippen LogP contribution in [-0.4, -0.2) is 21.3 Å². The number of hydrogen-bond donors (Lipinski definition) is 0. The van der Waals surface area contributed by atoms with Crippen molar-refractivity contribution < 1.29 is 27.2 Å². The molecule has 0 saturated heterocycles. The van der Waals surface area contributed by atoms with Gasteiger partial charge in [-0.15, -0.1) is 0 Å². The Labute approximate surface area is 151 Å². The first-order valence-corrected chi connectivity index (χ1v) is 8.47. The fourth-order valence-electron chi connectivity index (χ4n) is 3.93. The van der Waals surface area contributed by atoms with Crippen LogP contribution in [0.2, 0.25) is 0 Å². The van der Waals surface area contributed by atoms with Gasteiger partial charge in [0.1, 0.15) is 5.82 Å². The van der Waals surface area contributed by atoms with E-state index in [2.05, 4.69) is 5.10 Å². The van der Waals surface area contributed by atoms with Crippen LogP contribution in [0, 0.1) is 17.7 Å². The SMILES string of the molecule is O=C(C=C1C(=O)[C@H]2CC[C@@H]1C2)c1cnn(-c2ccc(F)cc2)c1C(F)(F)F. The van der Waals surface area contributed by atoms with Crippen LogP contribution in [0.3, 0.4) is 0 Å². The number of carbonyl (C=O) groups is 2. The van der Waals surface area contributed by atoms with E-state index >= 15 is 0 Å². The Balaban J connectivity index is 1.76. The van der Waals surface area contributed by atoms with Gasteiger partial charge in [0.05, 0.1) is 17.4 Å². The summed E-state index contributed by atoms with van der Waals surface area (Å²) in [5.74, 6) is -1.80. The molecule has 140 valence electrons. The minimum Gasteiger partial charge on any atom is -0.294 e. The number of Topliss-reactive ketones (excluding diaryl/α,β-unsaturated/α-hetero) is 1. The molecule has 2 aromatic rings. The summed E-state index contributed by atoms with van der Waals surface area (Å²) in [6.07, 6.45) is -0.773. The Morgan fingerprint density at radius 2 is 1.81 bits per heavy atom. The number of nitrogens with zero attached hydrogens (tertiary/aromatic N) is 2. The van der Waals surface area contributed by atoms with Crippen molar-refractivity contribution in [2.75, 3.05) is 0 Å². The van der Waals surface area contributed by atoms with Crippen LogP contribution in [0.5, 0.6) is 0 Å². The largest absolute Gasteiger partial charge is 0.434 e. The third kappa shape index (κ3) is 2.98. The molecule has 0 spiro atoms. The lowest BCUT2D eigenvalue weighted by atomic mass is 9.92. The van der Waals surface area contributed by atoms with E-state index in [4.69, 9.17) is 0 Å². The molecule has 0 N–H and O–H groups in total. The summed E-state index contributed by atoms with van der Waals surface area (Å²) >= 11 is 0. The van der Waals surface area contributed by atoms with Crippen LogP contribution in [-0.2, 0) is 11.0 Å². The van der Waals surface area contributed by atoms with Crippen molar-refractivity contribution >= 4 is 11.6 Å². The monoisotopic (exact) mass is 378 g/mol. The number of carbonyl (C=O) groups excluding carboxylic acids is 2. The number of halogens is 4. The fourth-order valence-corrected chi connectivity index (χ4v) is 3.93. The molecule has 27 heavy (non-hydrogen) atoms. The first-order valence-electron chi connectivity index (χ1n) is 8.47. The van der Waals surface area contributed by atoms with Gasteiger partial charge in [-0.05, 0) is 55.5 Å². The Bertz CT molecular complexity index is 957. The van der Waals surface area contributed by atoms with E-state index in [1.54, 1.807) is 0 Å². The zero-order valence-electron chi connectivity index (χ0n) is 14.0. The van der Waals surface area contributed by atoms with Gasteiger partial charge in [0, 0.05) is 11.5 Å². The third-order valence-electron chi connectivity index (χ3n) is 5.19. The number of allylic oxidation sites excluding steroid dienone is 2. The summed E-state index contributed by atoms with van der Waals surface area (Å²) in [6.45, 7) is 0. The van der Waals surface area contributed by atoms with Crippen molar-refractivity contribution in [3.63, 3.8) is 0 Å². The number of ketones is 2. The molecule has 2 fully saturated rings.